The molecule has 6 rings (SSSR count). The maximum Gasteiger partial charge on any atom is 0.338 e. The van der Waals surface area contributed by atoms with E-state index in [9.17, 15) is 9.59 Å². The molecule has 2 aliphatic rings. The number of anilines is 1. The van der Waals surface area contributed by atoms with Crippen molar-refractivity contribution in [2.75, 3.05) is 38.8 Å². The Hall–Kier alpha value is -4.57. The van der Waals surface area contributed by atoms with Gasteiger partial charge in [0.1, 0.15) is 5.76 Å². The van der Waals surface area contributed by atoms with Crippen molar-refractivity contribution >= 4 is 35.0 Å². The van der Waals surface area contributed by atoms with Gasteiger partial charge >= 0.3 is 5.97 Å². The summed E-state index contributed by atoms with van der Waals surface area (Å²) in [5, 5.41) is 0. The molecular formula is C33H33N3O6S. The minimum Gasteiger partial charge on any atom is -0.493 e. The van der Waals surface area contributed by atoms with Gasteiger partial charge in [-0.05, 0) is 49.9 Å². The van der Waals surface area contributed by atoms with Crippen molar-refractivity contribution < 1.29 is 23.4 Å². The summed E-state index contributed by atoms with van der Waals surface area (Å²) in [5.74, 6) is 1.85. The molecular weight excluding hydrogens is 566 g/mol. The van der Waals surface area contributed by atoms with E-state index >= 15 is 0 Å². The Bertz CT molecular complexity index is 1850. The third kappa shape index (κ3) is 5.50. The SMILES string of the molecule is CCOC(=O)C1=C(c2ccccc2)N=c2s/c(=C\c3ccc(N4CCCCC4)o3)c(=O)n2[C@@H]1c1ccc(OC)c(OC)c1. The van der Waals surface area contributed by atoms with Gasteiger partial charge in [0.2, 0.25) is 0 Å². The Labute approximate surface area is 253 Å². The summed E-state index contributed by atoms with van der Waals surface area (Å²) < 4.78 is 24.8. The maximum atomic E-state index is 14.2. The molecule has 0 radical (unpaired) electrons. The summed E-state index contributed by atoms with van der Waals surface area (Å²) in [5.41, 5.74) is 1.84. The Morgan fingerprint density at radius 2 is 1.79 bits per heavy atom. The molecule has 43 heavy (non-hydrogen) atoms. The first-order chi connectivity index (χ1) is 21.0. The first kappa shape index (κ1) is 28.5. The lowest BCUT2D eigenvalue weighted by Crippen LogP contribution is -2.40. The van der Waals surface area contributed by atoms with E-state index in [0.717, 1.165) is 37.4 Å². The topological polar surface area (TPSA) is 95.5 Å². The number of carbonyl (C=O) groups is 1. The molecule has 1 fully saturated rings. The van der Waals surface area contributed by atoms with Gasteiger partial charge in [-0.1, -0.05) is 47.7 Å². The number of rotatable bonds is 8. The van der Waals surface area contributed by atoms with E-state index in [-0.39, 0.29) is 17.7 Å². The zero-order chi connectivity index (χ0) is 29.9. The monoisotopic (exact) mass is 599 g/mol. The molecule has 1 atom stereocenters. The van der Waals surface area contributed by atoms with Crippen molar-refractivity contribution in [3.8, 4) is 11.5 Å². The first-order valence-electron chi connectivity index (χ1n) is 14.4. The molecule has 0 aliphatic carbocycles. The van der Waals surface area contributed by atoms with Crippen LogP contribution in [0.15, 0.2) is 80.4 Å². The summed E-state index contributed by atoms with van der Waals surface area (Å²) in [6, 6.07) is 17.8. The number of benzene rings is 2. The molecule has 2 aliphatic heterocycles. The molecule has 4 aromatic rings. The molecule has 2 aromatic carbocycles. The lowest BCUT2D eigenvalue weighted by molar-refractivity contribution is -0.138. The van der Waals surface area contributed by atoms with Crippen LogP contribution in [0.1, 0.15) is 49.1 Å². The number of methoxy groups -OCH3 is 2. The third-order valence-corrected chi connectivity index (χ3v) is 8.63. The molecule has 0 spiro atoms. The highest BCUT2D eigenvalue weighted by Crippen LogP contribution is 2.38. The zero-order valence-corrected chi connectivity index (χ0v) is 25.2. The van der Waals surface area contributed by atoms with Crippen molar-refractivity contribution in [3.63, 3.8) is 0 Å². The van der Waals surface area contributed by atoms with Gasteiger partial charge in [0, 0.05) is 30.8 Å². The minimum atomic E-state index is -0.826. The standard InChI is InChI=1S/C33H33N3O6S/c1-4-41-32(38)28-29(21-11-7-5-8-12-21)34-33-36(30(28)22-13-15-24(39-2)25(19-22)40-3)31(37)26(43-33)20-23-14-16-27(42-23)35-17-9-6-10-18-35/h5,7-8,11-16,19-20,30H,4,6,9-10,17-18H2,1-3H3/b26-20-/t30-/m1/s1. The second kappa shape index (κ2) is 12.3. The van der Waals surface area contributed by atoms with Crippen LogP contribution in [0.3, 0.4) is 0 Å². The minimum absolute atomic E-state index is 0.172. The van der Waals surface area contributed by atoms with E-state index in [2.05, 4.69) is 4.90 Å². The van der Waals surface area contributed by atoms with Gasteiger partial charge in [-0.2, -0.15) is 0 Å². The Morgan fingerprint density at radius 1 is 1.02 bits per heavy atom. The third-order valence-electron chi connectivity index (χ3n) is 7.65. The molecule has 0 unspecified atom stereocenters. The number of esters is 1. The fourth-order valence-electron chi connectivity index (χ4n) is 5.61. The Morgan fingerprint density at radius 3 is 2.51 bits per heavy atom. The van der Waals surface area contributed by atoms with Gasteiger partial charge in [0.25, 0.3) is 5.56 Å². The van der Waals surface area contributed by atoms with E-state index in [1.807, 2.05) is 48.5 Å². The highest BCUT2D eigenvalue weighted by Gasteiger charge is 2.35. The van der Waals surface area contributed by atoms with Crippen LogP contribution in [0.5, 0.6) is 11.5 Å². The van der Waals surface area contributed by atoms with Gasteiger partial charge in [0.05, 0.1) is 42.7 Å². The number of hydrogen-bond donors (Lipinski definition) is 0. The molecule has 0 saturated carbocycles. The van der Waals surface area contributed by atoms with Crippen LogP contribution < -0.4 is 29.3 Å². The van der Waals surface area contributed by atoms with Crippen LogP contribution in [0, 0.1) is 0 Å². The van der Waals surface area contributed by atoms with Crippen LogP contribution in [-0.2, 0) is 9.53 Å². The first-order valence-corrected chi connectivity index (χ1v) is 15.2. The molecule has 2 aromatic heterocycles. The van der Waals surface area contributed by atoms with Crippen LogP contribution in [0.2, 0.25) is 0 Å². The molecule has 4 heterocycles. The number of fused-ring (bicyclic) bond motifs is 1. The highest BCUT2D eigenvalue weighted by molar-refractivity contribution is 7.07. The lowest BCUT2D eigenvalue weighted by atomic mass is 9.93. The molecule has 1 saturated heterocycles. The lowest BCUT2D eigenvalue weighted by Gasteiger charge is -2.26. The quantitative estimate of drug-likeness (QED) is 0.275. The van der Waals surface area contributed by atoms with E-state index in [0.29, 0.717) is 37.9 Å². The van der Waals surface area contributed by atoms with Crippen LogP contribution in [-0.4, -0.2) is 44.5 Å². The average Bonchev–Trinajstić information content (AvgIpc) is 3.64. The number of piperidine rings is 1. The predicted molar refractivity (Wildman–Crippen MR) is 165 cm³/mol. The Balaban J connectivity index is 1.56. The molecule has 0 amide bonds. The van der Waals surface area contributed by atoms with Crippen molar-refractivity contribution in [1.82, 2.24) is 4.57 Å². The van der Waals surface area contributed by atoms with Crippen molar-refractivity contribution in [2.24, 2.45) is 4.99 Å². The summed E-state index contributed by atoms with van der Waals surface area (Å²) in [7, 11) is 3.11. The number of carbonyl (C=O) groups excluding carboxylic acids is 1. The maximum absolute atomic E-state index is 14.2. The van der Waals surface area contributed by atoms with Gasteiger partial charge < -0.3 is 23.5 Å². The van der Waals surface area contributed by atoms with Crippen LogP contribution >= 0.6 is 11.3 Å². The molecule has 222 valence electrons. The zero-order valence-electron chi connectivity index (χ0n) is 24.4. The van der Waals surface area contributed by atoms with Gasteiger partial charge in [-0.15, -0.1) is 0 Å². The molecule has 0 bridgehead atoms. The smallest absolute Gasteiger partial charge is 0.338 e. The number of nitrogens with zero attached hydrogens (tertiary/aromatic N) is 3. The van der Waals surface area contributed by atoms with Gasteiger partial charge in [-0.25, -0.2) is 9.79 Å². The normalized spacial score (nSPS) is 17.0. The van der Waals surface area contributed by atoms with E-state index in [1.54, 1.807) is 43.9 Å². The molecule has 0 N–H and O–H groups in total. The number of furan rings is 1. The molecule has 9 nitrogen and oxygen atoms in total. The van der Waals surface area contributed by atoms with E-state index in [1.165, 1.54) is 17.8 Å². The number of aromatic nitrogens is 1. The van der Waals surface area contributed by atoms with Gasteiger partial charge in [-0.3, -0.25) is 9.36 Å². The fraction of sp³-hybridized carbons (Fsp3) is 0.303. The van der Waals surface area contributed by atoms with E-state index < -0.39 is 12.0 Å². The van der Waals surface area contributed by atoms with Crippen LogP contribution in [0.25, 0.3) is 11.8 Å². The largest absolute Gasteiger partial charge is 0.493 e. The molecule has 10 heteroatoms. The summed E-state index contributed by atoms with van der Waals surface area (Å²) in [4.78, 5) is 35.4. The Kier molecular flexibility index (Phi) is 8.20. The van der Waals surface area contributed by atoms with Crippen molar-refractivity contribution in [3.05, 3.63) is 103 Å². The second-order valence-electron chi connectivity index (χ2n) is 10.3. The highest BCUT2D eigenvalue weighted by atomic mass is 32.1. The van der Waals surface area contributed by atoms with Gasteiger partial charge in [0.15, 0.2) is 22.2 Å². The summed E-state index contributed by atoms with van der Waals surface area (Å²) in [6.45, 7) is 3.84. The number of thiazole rings is 1. The average molecular weight is 600 g/mol. The summed E-state index contributed by atoms with van der Waals surface area (Å²) in [6.07, 6.45) is 5.25. The second-order valence-corrected chi connectivity index (χ2v) is 11.3. The summed E-state index contributed by atoms with van der Waals surface area (Å²) >= 11 is 1.26. The predicted octanol–water partition coefficient (Wildman–Crippen LogP) is 4.54. The van der Waals surface area contributed by atoms with Crippen molar-refractivity contribution in [2.45, 2.75) is 32.2 Å². The fourth-order valence-corrected chi connectivity index (χ4v) is 6.59. The number of hydrogen-bond acceptors (Lipinski definition) is 9. The van der Waals surface area contributed by atoms with Crippen molar-refractivity contribution in [1.29, 1.82) is 0 Å². The number of ether oxygens (including phenoxy) is 3. The van der Waals surface area contributed by atoms with E-state index in [4.69, 9.17) is 23.6 Å². The van der Waals surface area contributed by atoms with Crippen LogP contribution in [0.4, 0.5) is 5.88 Å².